The monoisotopic (exact) mass is 654 g/mol. The van der Waals surface area contributed by atoms with Crippen LogP contribution < -0.4 is 0 Å². The van der Waals surface area contributed by atoms with E-state index in [1.54, 1.807) is 0 Å². The molecule has 8 aromatic carbocycles. The summed E-state index contributed by atoms with van der Waals surface area (Å²) in [6.07, 6.45) is 0.873. The number of hydrogen-bond donors (Lipinski definition) is 0. The molecule has 2 heteroatoms. The number of rotatable bonds is 4. The molecular formula is C49H38N2. The van der Waals surface area contributed by atoms with Gasteiger partial charge < -0.3 is 0 Å². The van der Waals surface area contributed by atoms with Crippen molar-refractivity contribution in [3.8, 4) is 39.1 Å². The lowest BCUT2D eigenvalue weighted by molar-refractivity contribution is 0.660. The summed E-state index contributed by atoms with van der Waals surface area (Å²) in [6, 6.07) is 54.4. The first-order valence-corrected chi connectivity index (χ1v) is 18.1. The number of imidazole rings is 1. The van der Waals surface area contributed by atoms with E-state index in [1.807, 2.05) is 0 Å². The van der Waals surface area contributed by atoms with Gasteiger partial charge in [0, 0.05) is 17.5 Å². The minimum atomic E-state index is -0.0550. The van der Waals surface area contributed by atoms with E-state index in [-0.39, 0.29) is 5.41 Å². The van der Waals surface area contributed by atoms with Crippen molar-refractivity contribution < 1.29 is 0 Å². The molecule has 9 aromatic rings. The first kappa shape index (κ1) is 29.9. The summed E-state index contributed by atoms with van der Waals surface area (Å²) in [7, 11) is 0. The lowest BCUT2D eigenvalue weighted by Crippen LogP contribution is -2.14. The van der Waals surface area contributed by atoms with Gasteiger partial charge in [-0.05, 0) is 126 Å². The molecule has 0 atom stereocenters. The third-order valence-electron chi connectivity index (χ3n) is 11.4. The molecule has 1 aromatic heterocycles. The Morgan fingerprint density at radius 2 is 1.14 bits per heavy atom. The third-order valence-corrected chi connectivity index (χ3v) is 11.4. The van der Waals surface area contributed by atoms with Crippen molar-refractivity contribution in [2.24, 2.45) is 0 Å². The molecule has 51 heavy (non-hydrogen) atoms. The van der Waals surface area contributed by atoms with Gasteiger partial charge in [0.05, 0.1) is 11.0 Å². The second-order valence-electron chi connectivity index (χ2n) is 14.7. The number of aryl methyl sites for hydroxylation is 2. The Kier molecular flexibility index (Phi) is 6.45. The predicted molar refractivity (Wildman–Crippen MR) is 216 cm³/mol. The van der Waals surface area contributed by atoms with E-state index >= 15 is 0 Å². The minimum absolute atomic E-state index is 0.0550. The Bertz CT molecular complexity index is 2830. The molecule has 0 bridgehead atoms. The van der Waals surface area contributed by atoms with Gasteiger partial charge in [-0.2, -0.15) is 0 Å². The van der Waals surface area contributed by atoms with E-state index in [0.717, 1.165) is 29.0 Å². The zero-order valence-corrected chi connectivity index (χ0v) is 29.5. The summed E-state index contributed by atoms with van der Waals surface area (Å²) < 4.78 is 2.32. The van der Waals surface area contributed by atoms with Gasteiger partial charge in [0.1, 0.15) is 5.82 Å². The van der Waals surface area contributed by atoms with Crippen LogP contribution >= 0.6 is 0 Å². The number of nitrogens with zero attached hydrogens (tertiary/aromatic N) is 2. The molecular weight excluding hydrogens is 617 g/mol. The van der Waals surface area contributed by atoms with Crippen LogP contribution in [0.1, 0.15) is 43.3 Å². The first-order chi connectivity index (χ1) is 24.9. The summed E-state index contributed by atoms with van der Waals surface area (Å²) in [5.74, 6) is 1.08. The average molecular weight is 655 g/mol. The van der Waals surface area contributed by atoms with Crippen molar-refractivity contribution in [2.75, 3.05) is 0 Å². The van der Waals surface area contributed by atoms with E-state index in [9.17, 15) is 0 Å². The maximum atomic E-state index is 4.99. The van der Waals surface area contributed by atoms with Crippen molar-refractivity contribution in [3.63, 3.8) is 0 Å². The summed E-state index contributed by atoms with van der Waals surface area (Å²) in [4.78, 5) is 4.99. The smallest absolute Gasteiger partial charge is 0.114 e. The van der Waals surface area contributed by atoms with Gasteiger partial charge in [-0.3, -0.25) is 4.57 Å². The van der Waals surface area contributed by atoms with E-state index in [0.29, 0.717) is 0 Å². The van der Waals surface area contributed by atoms with Crippen LogP contribution in [0, 0.1) is 6.92 Å². The van der Waals surface area contributed by atoms with Crippen LogP contribution in [0.3, 0.4) is 0 Å². The number of fused-ring (bicyclic) bond motifs is 7. The Balaban J connectivity index is 1.15. The second-order valence-corrected chi connectivity index (χ2v) is 14.7. The molecule has 1 aliphatic carbocycles. The molecule has 0 saturated carbocycles. The fraction of sp³-hybridized carbons (Fsp3) is 0.122. The first-order valence-electron chi connectivity index (χ1n) is 18.1. The molecule has 0 unspecified atom stereocenters. The number of benzene rings is 8. The predicted octanol–water partition coefficient (Wildman–Crippen LogP) is 13.0. The Labute approximate surface area is 298 Å². The van der Waals surface area contributed by atoms with E-state index in [4.69, 9.17) is 4.98 Å². The largest absolute Gasteiger partial charge is 0.296 e. The molecule has 0 amide bonds. The molecule has 0 saturated heterocycles. The average Bonchev–Trinajstić information content (AvgIpc) is 3.64. The Morgan fingerprint density at radius 1 is 0.549 bits per heavy atom. The van der Waals surface area contributed by atoms with Crippen molar-refractivity contribution in [2.45, 2.75) is 39.5 Å². The summed E-state index contributed by atoms with van der Waals surface area (Å²) >= 11 is 0. The lowest BCUT2D eigenvalue weighted by Gasteiger charge is -2.23. The van der Waals surface area contributed by atoms with Crippen LogP contribution in [0.2, 0.25) is 0 Å². The van der Waals surface area contributed by atoms with Crippen LogP contribution in [0.25, 0.3) is 82.4 Å². The Morgan fingerprint density at radius 3 is 1.84 bits per heavy atom. The van der Waals surface area contributed by atoms with Crippen molar-refractivity contribution in [1.82, 2.24) is 9.55 Å². The zero-order chi connectivity index (χ0) is 34.4. The number of hydrogen-bond acceptors (Lipinski definition) is 1. The van der Waals surface area contributed by atoms with Gasteiger partial charge in [0.15, 0.2) is 0 Å². The molecule has 0 radical (unpaired) electrons. The van der Waals surface area contributed by atoms with Crippen molar-refractivity contribution in [1.29, 1.82) is 0 Å². The standard InChI is InChI=1S/C49H38N2/c1-5-46-50-44-26-30(2)18-25-45(44)51(46)35-23-21-31-27-33(20-19-32(31)28-35)47-38-13-6-8-15-40(38)48(41-16-9-7-14-39(41)47)34-22-24-37-36-12-10-11-17-42(36)49(3,4)43(37)29-34/h6-29H,5H2,1-4H3. The highest BCUT2D eigenvalue weighted by Gasteiger charge is 2.35. The molecule has 1 heterocycles. The summed E-state index contributed by atoms with van der Waals surface area (Å²) in [5.41, 5.74) is 15.2. The topological polar surface area (TPSA) is 17.8 Å². The molecule has 1 aliphatic rings. The van der Waals surface area contributed by atoms with E-state index in [2.05, 4.69) is 178 Å². The van der Waals surface area contributed by atoms with Crippen LogP contribution in [0.5, 0.6) is 0 Å². The van der Waals surface area contributed by atoms with Gasteiger partial charge >= 0.3 is 0 Å². The number of aromatic nitrogens is 2. The van der Waals surface area contributed by atoms with Gasteiger partial charge in [-0.15, -0.1) is 0 Å². The quantitative estimate of drug-likeness (QED) is 0.173. The van der Waals surface area contributed by atoms with Crippen molar-refractivity contribution in [3.05, 3.63) is 168 Å². The van der Waals surface area contributed by atoms with Gasteiger partial charge in [0.25, 0.3) is 0 Å². The molecule has 0 spiro atoms. The maximum absolute atomic E-state index is 4.99. The van der Waals surface area contributed by atoms with Gasteiger partial charge in [0.2, 0.25) is 0 Å². The van der Waals surface area contributed by atoms with Crippen LogP contribution in [-0.4, -0.2) is 9.55 Å². The van der Waals surface area contributed by atoms with Crippen LogP contribution in [-0.2, 0) is 11.8 Å². The highest BCUT2D eigenvalue weighted by Crippen LogP contribution is 2.51. The maximum Gasteiger partial charge on any atom is 0.114 e. The highest BCUT2D eigenvalue weighted by molar-refractivity contribution is 6.21. The summed E-state index contributed by atoms with van der Waals surface area (Å²) in [6.45, 7) is 9.04. The summed E-state index contributed by atoms with van der Waals surface area (Å²) in [5, 5.41) is 7.57. The van der Waals surface area contributed by atoms with E-state index in [1.165, 1.54) is 82.4 Å². The molecule has 244 valence electrons. The lowest BCUT2D eigenvalue weighted by atomic mass is 9.80. The second kappa shape index (κ2) is 11.0. The van der Waals surface area contributed by atoms with Crippen LogP contribution in [0.15, 0.2) is 146 Å². The molecule has 0 N–H and O–H groups in total. The van der Waals surface area contributed by atoms with Gasteiger partial charge in [-0.25, -0.2) is 4.98 Å². The minimum Gasteiger partial charge on any atom is -0.296 e. The fourth-order valence-corrected chi connectivity index (χ4v) is 8.90. The molecule has 2 nitrogen and oxygen atoms in total. The zero-order valence-electron chi connectivity index (χ0n) is 29.5. The van der Waals surface area contributed by atoms with E-state index < -0.39 is 0 Å². The SMILES string of the molecule is CCc1nc2cc(C)ccc2n1-c1ccc2cc(-c3c4ccccc4c(-c4ccc5c(c4)C(C)(C)c4ccccc4-5)c4ccccc34)ccc2c1. The van der Waals surface area contributed by atoms with Crippen LogP contribution in [0.4, 0.5) is 0 Å². The highest BCUT2D eigenvalue weighted by atomic mass is 15.1. The fourth-order valence-electron chi connectivity index (χ4n) is 8.90. The molecule has 10 rings (SSSR count). The normalized spacial score (nSPS) is 13.3. The van der Waals surface area contributed by atoms with Gasteiger partial charge in [-0.1, -0.05) is 130 Å². The third kappa shape index (κ3) is 4.39. The molecule has 0 fully saturated rings. The van der Waals surface area contributed by atoms with Crippen molar-refractivity contribution >= 4 is 43.4 Å². The Hall–Kier alpha value is -5.99. The molecule has 0 aliphatic heterocycles.